The molecule has 0 aliphatic carbocycles. The van der Waals surface area contributed by atoms with E-state index in [9.17, 15) is 10.1 Å². The second kappa shape index (κ2) is 8.98. The van der Waals surface area contributed by atoms with Gasteiger partial charge in [0.2, 0.25) is 0 Å². The number of ether oxygens (including phenoxy) is 2. The first-order valence-electron chi connectivity index (χ1n) is 9.64. The minimum atomic E-state index is -1.13. The van der Waals surface area contributed by atoms with Crippen LogP contribution in [0.15, 0.2) is 24.3 Å². The highest BCUT2D eigenvalue weighted by molar-refractivity contribution is 5.85. The number of anilines is 1. The zero-order chi connectivity index (χ0) is 20.1. The van der Waals surface area contributed by atoms with Crippen molar-refractivity contribution in [3.63, 3.8) is 0 Å². The van der Waals surface area contributed by atoms with Crippen molar-refractivity contribution in [3.8, 4) is 6.07 Å². The van der Waals surface area contributed by atoms with Crippen LogP contribution < -0.4 is 4.90 Å². The van der Waals surface area contributed by atoms with Gasteiger partial charge in [-0.2, -0.15) is 5.26 Å². The summed E-state index contributed by atoms with van der Waals surface area (Å²) in [5.74, 6) is -0.498. The molecular formula is C21H26N4O3. The number of esters is 1. The van der Waals surface area contributed by atoms with Gasteiger partial charge in [-0.15, -0.1) is 0 Å². The first kappa shape index (κ1) is 20.0. The summed E-state index contributed by atoms with van der Waals surface area (Å²) in [7, 11) is 1.54. The molecule has 148 valence electrons. The van der Waals surface area contributed by atoms with Crippen LogP contribution in [0.3, 0.4) is 0 Å². The predicted molar refractivity (Wildman–Crippen MR) is 106 cm³/mol. The summed E-state index contributed by atoms with van der Waals surface area (Å²) < 4.78 is 10.4. The molecule has 1 saturated heterocycles. The van der Waals surface area contributed by atoms with Gasteiger partial charge < -0.3 is 14.4 Å². The van der Waals surface area contributed by atoms with Crippen LogP contribution in [0.25, 0.3) is 11.0 Å². The number of piperidine rings is 1. The van der Waals surface area contributed by atoms with Crippen LogP contribution >= 0.6 is 0 Å². The number of para-hydroxylation sites is 2. The predicted octanol–water partition coefficient (Wildman–Crippen LogP) is 3.05. The van der Waals surface area contributed by atoms with Crippen LogP contribution in [0, 0.1) is 17.2 Å². The molecule has 1 fully saturated rings. The van der Waals surface area contributed by atoms with Crippen molar-refractivity contribution in [2.24, 2.45) is 5.92 Å². The fraction of sp³-hybridized carbons (Fsp3) is 0.524. The number of hydrogen-bond donors (Lipinski definition) is 0. The second-order valence-corrected chi connectivity index (χ2v) is 7.36. The fourth-order valence-corrected chi connectivity index (χ4v) is 3.41. The van der Waals surface area contributed by atoms with Crippen molar-refractivity contribution in [2.75, 3.05) is 31.7 Å². The van der Waals surface area contributed by atoms with Gasteiger partial charge in [-0.05, 0) is 37.8 Å². The molecule has 0 N–H and O–H groups in total. The summed E-state index contributed by atoms with van der Waals surface area (Å²) in [4.78, 5) is 24.3. The SMILES string of the molecule is COCC(C)OC(=O)C(C#N)c1nc2ccccc2nc1N1CCC(C)CC1. The number of carbonyl (C=O) groups is 1. The average Bonchev–Trinajstić information content (AvgIpc) is 2.69. The van der Waals surface area contributed by atoms with E-state index in [-0.39, 0.29) is 6.61 Å². The van der Waals surface area contributed by atoms with Crippen LogP contribution in [0.2, 0.25) is 0 Å². The maximum Gasteiger partial charge on any atom is 0.330 e. The lowest BCUT2D eigenvalue weighted by Crippen LogP contribution is -2.35. The number of nitriles is 1. The smallest absolute Gasteiger partial charge is 0.330 e. The second-order valence-electron chi connectivity index (χ2n) is 7.36. The monoisotopic (exact) mass is 382 g/mol. The summed E-state index contributed by atoms with van der Waals surface area (Å²) in [5, 5.41) is 9.76. The van der Waals surface area contributed by atoms with E-state index >= 15 is 0 Å². The van der Waals surface area contributed by atoms with E-state index in [1.54, 1.807) is 6.92 Å². The molecule has 2 heterocycles. The maximum absolute atomic E-state index is 12.7. The van der Waals surface area contributed by atoms with Crippen LogP contribution in [0.5, 0.6) is 0 Å². The van der Waals surface area contributed by atoms with Gasteiger partial charge in [-0.3, -0.25) is 4.79 Å². The molecule has 2 unspecified atom stereocenters. The van der Waals surface area contributed by atoms with E-state index in [1.807, 2.05) is 24.3 Å². The summed E-state index contributed by atoms with van der Waals surface area (Å²) >= 11 is 0. The first-order chi connectivity index (χ1) is 13.5. The van der Waals surface area contributed by atoms with Crippen LogP contribution in [0.1, 0.15) is 38.3 Å². The molecule has 2 atom stereocenters. The highest BCUT2D eigenvalue weighted by Crippen LogP contribution is 2.30. The minimum Gasteiger partial charge on any atom is -0.459 e. The standard InChI is InChI=1S/C21H26N4O3/c1-14-8-10-25(11-9-14)20-19(23-17-6-4-5-7-18(17)24-20)16(12-22)21(26)28-15(2)13-27-3/h4-7,14-16H,8-11,13H2,1-3H3. The molecule has 3 rings (SSSR count). The lowest BCUT2D eigenvalue weighted by Gasteiger charge is -2.32. The van der Waals surface area contributed by atoms with E-state index in [4.69, 9.17) is 14.5 Å². The molecule has 0 spiro atoms. The molecule has 7 heteroatoms. The van der Waals surface area contributed by atoms with Crippen LogP contribution in [-0.4, -0.2) is 48.8 Å². The number of methoxy groups -OCH3 is 1. The van der Waals surface area contributed by atoms with Crippen LogP contribution in [-0.2, 0) is 14.3 Å². The lowest BCUT2D eigenvalue weighted by molar-refractivity contribution is -0.150. The highest BCUT2D eigenvalue weighted by atomic mass is 16.6. The third kappa shape index (κ3) is 4.39. The van der Waals surface area contributed by atoms with E-state index in [1.165, 1.54) is 7.11 Å². The zero-order valence-electron chi connectivity index (χ0n) is 16.6. The van der Waals surface area contributed by atoms with Crippen molar-refractivity contribution < 1.29 is 14.3 Å². The largest absolute Gasteiger partial charge is 0.459 e. The number of carbonyl (C=O) groups excluding carboxylic acids is 1. The van der Waals surface area contributed by atoms with Gasteiger partial charge in [0, 0.05) is 20.2 Å². The van der Waals surface area contributed by atoms with Gasteiger partial charge in [0.15, 0.2) is 11.7 Å². The van der Waals surface area contributed by atoms with E-state index in [0.717, 1.165) is 31.4 Å². The molecule has 28 heavy (non-hydrogen) atoms. The Morgan fingerprint density at radius 2 is 1.93 bits per heavy atom. The first-order valence-corrected chi connectivity index (χ1v) is 9.64. The van der Waals surface area contributed by atoms with Crippen molar-refractivity contribution in [1.29, 1.82) is 5.26 Å². The van der Waals surface area contributed by atoms with Crippen molar-refractivity contribution >= 4 is 22.8 Å². The third-order valence-corrected chi connectivity index (χ3v) is 5.02. The molecule has 1 aromatic heterocycles. The molecular weight excluding hydrogens is 356 g/mol. The number of fused-ring (bicyclic) bond motifs is 1. The van der Waals surface area contributed by atoms with Crippen molar-refractivity contribution in [3.05, 3.63) is 30.0 Å². The number of aromatic nitrogens is 2. The zero-order valence-corrected chi connectivity index (χ0v) is 16.6. The highest BCUT2D eigenvalue weighted by Gasteiger charge is 2.32. The van der Waals surface area contributed by atoms with Gasteiger partial charge in [-0.1, -0.05) is 19.1 Å². The number of hydrogen-bond acceptors (Lipinski definition) is 7. The Balaban J connectivity index is 2.00. The Hall–Kier alpha value is -2.72. The molecule has 1 aliphatic heterocycles. The maximum atomic E-state index is 12.7. The Kier molecular flexibility index (Phi) is 6.42. The minimum absolute atomic E-state index is 0.268. The van der Waals surface area contributed by atoms with E-state index < -0.39 is 18.0 Å². The summed E-state index contributed by atoms with van der Waals surface area (Å²) in [5.41, 5.74) is 1.77. The molecule has 1 aliphatic rings. The topological polar surface area (TPSA) is 88.3 Å². The van der Waals surface area contributed by atoms with Crippen molar-refractivity contribution in [1.82, 2.24) is 9.97 Å². The normalized spacial score (nSPS) is 17.1. The van der Waals surface area contributed by atoms with Crippen molar-refractivity contribution in [2.45, 2.75) is 38.7 Å². The number of nitrogens with zero attached hydrogens (tertiary/aromatic N) is 4. The lowest BCUT2D eigenvalue weighted by atomic mass is 9.98. The molecule has 0 radical (unpaired) electrons. The van der Waals surface area contributed by atoms with E-state index in [0.29, 0.717) is 22.9 Å². The van der Waals surface area contributed by atoms with Gasteiger partial charge in [-0.25, -0.2) is 9.97 Å². The third-order valence-electron chi connectivity index (χ3n) is 5.02. The van der Waals surface area contributed by atoms with Gasteiger partial charge in [0.25, 0.3) is 0 Å². The molecule has 2 aromatic rings. The summed E-state index contributed by atoms with van der Waals surface area (Å²) in [6.45, 7) is 5.89. The van der Waals surface area contributed by atoms with E-state index in [2.05, 4.69) is 22.9 Å². The average molecular weight is 382 g/mol. The molecule has 7 nitrogen and oxygen atoms in total. The molecule has 0 amide bonds. The fourth-order valence-electron chi connectivity index (χ4n) is 3.41. The number of rotatable bonds is 6. The van der Waals surface area contributed by atoms with Crippen LogP contribution in [0.4, 0.5) is 5.82 Å². The molecule has 0 saturated carbocycles. The Labute approximate surface area is 165 Å². The summed E-state index contributed by atoms with van der Waals surface area (Å²) in [6.07, 6.45) is 1.64. The quantitative estimate of drug-likeness (QED) is 0.710. The summed E-state index contributed by atoms with van der Waals surface area (Å²) in [6, 6.07) is 9.57. The Bertz CT molecular complexity index is 872. The van der Waals surface area contributed by atoms with Gasteiger partial charge >= 0.3 is 5.97 Å². The Morgan fingerprint density at radius 3 is 2.54 bits per heavy atom. The van der Waals surface area contributed by atoms with Gasteiger partial charge in [0.1, 0.15) is 11.8 Å². The van der Waals surface area contributed by atoms with Gasteiger partial charge in [0.05, 0.1) is 23.7 Å². The molecule has 1 aromatic carbocycles. The molecule has 0 bridgehead atoms. The Morgan fingerprint density at radius 1 is 1.29 bits per heavy atom. The number of benzene rings is 1.